The van der Waals surface area contributed by atoms with Gasteiger partial charge in [-0.1, -0.05) is 52.8 Å². The van der Waals surface area contributed by atoms with Crippen LogP contribution in [0.25, 0.3) is 0 Å². The van der Waals surface area contributed by atoms with E-state index in [4.69, 9.17) is 0 Å². The molecule has 0 unspecified atom stereocenters. The Hall–Kier alpha value is -0.980. The van der Waals surface area contributed by atoms with Crippen LogP contribution >= 0.6 is 0 Å². The topological polar surface area (TPSA) is 3.24 Å². The molecule has 0 spiro atoms. The Bertz CT molecular complexity index is 180. The van der Waals surface area contributed by atoms with E-state index in [1.165, 1.54) is 18.5 Å². The minimum Gasteiger partial charge on any atom is -0.375 e. The number of nitrogens with zero attached hydrogens (tertiary/aromatic N) is 1. The Kier molecular flexibility index (Phi) is 25.6. The van der Waals surface area contributed by atoms with Crippen LogP contribution in [0.2, 0.25) is 0 Å². The van der Waals surface area contributed by atoms with Gasteiger partial charge in [0.2, 0.25) is 0 Å². The van der Waals surface area contributed by atoms with Crippen molar-refractivity contribution in [3.63, 3.8) is 0 Å². The molecule has 0 aromatic heterocycles. The molecule has 0 saturated carbocycles. The van der Waals surface area contributed by atoms with Crippen molar-refractivity contribution < 1.29 is 0 Å². The predicted octanol–water partition coefficient (Wildman–Crippen LogP) is 5.42. The van der Waals surface area contributed by atoms with Gasteiger partial charge in [0.1, 0.15) is 0 Å². The maximum absolute atomic E-state index is 3.80. The monoisotopic (exact) mass is 239 g/mol. The van der Waals surface area contributed by atoms with Gasteiger partial charge in [-0.3, -0.25) is 0 Å². The third-order valence-electron chi connectivity index (χ3n) is 1.91. The summed E-state index contributed by atoms with van der Waals surface area (Å²) in [4.78, 5) is 2.26. The third kappa shape index (κ3) is 17.6. The number of likely N-dealkylation sites (N-methyl/N-ethyl adjacent to an activating group) is 1. The van der Waals surface area contributed by atoms with Crippen molar-refractivity contribution in [2.24, 2.45) is 0 Å². The largest absolute Gasteiger partial charge is 0.375 e. The predicted molar refractivity (Wildman–Crippen MR) is 83.3 cm³/mol. The van der Waals surface area contributed by atoms with E-state index in [2.05, 4.69) is 45.0 Å². The standard InChI is InChI=1S/C11H21N.C3H6.C2H6/c1-5-8-10-12(4)11(7-3)9-6-2;1-3-2;1-2/h7,9H,3,5-6,8,10H2,1-2,4H3;3H,1H2,2H3;1-2H3/b11-9-;;. The van der Waals surface area contributed by atoms with Crippen molar-refractivity contribution >= 4 is 0 Å². The van der Waals surface area contributed by atoms with E-state index in [9.17, 15) is 0 Å². The molecule has 0 aromatic rings. The van der Waals surface area contributed by atoms with Crippen molar-refractivity contribution in [2.45, 2.75) is 53.9 Å². The smallest absolute Gasteiger partial charge is 0.0316 e. The quantitative estimate of drug-likeness (QED) is 0.442. The van der Waals surface area contributed by atoms with Gasteiger partial charge in [-0.2, -0.15) is 0 Å². The molecule has 0 rings (SSSR count). The van der Waals surface area contributed by atoms with Gasteiger partial charge >= 0.3 is 0 Å². The molecule has 1 nitrogen and oxygen atoms in total. The molecule has 102 valence electrons. The van der Waals surface area contributed by atoms with Gasteiger partial charge < -0.3 is 4.90 Å². The van der Waals surface area contributed by atoms with Gasteiger partial charge in [0.25, 0.3) is 0 Å². The summed E-state index contributed by atoms with van der Waals surface area (Å²) < 4.78 is 0. The summed E-state index contributed by atoms with van der Waals surface area (Å²) in [6.07, 6.45) is 9.48. The summed E-state index contributed by atoms with van der Waals surface area (Å²) in [6, 6.07) is 0. The Balaban J connectivity index is -0.000000337. The van der Waals surface area contributed by atoms with Crippen LogP contribution in [-0.4, -0.2) is 18.5 Å². The molecule has 17 heavy (non-hydrogen) atoms. The Morgan fingerprint density at radius 2 is 1.65 bits per heavy atom. The first-order valence-electron chi connectivity index (χ1n) is 6.78. The molecule has 0 heterocycles. The second-order valence-electron chi connectivity index (χ2n) is 3.42. The van der Waals surface area contributed by atoms with Gasteiger partial charge in [-0.05, 0) is 25.8 Å². The van der Waals surface area contributed by atoms with Gasteiger partial charge in [-0.15, -0.1) is 6.58 Å². The fourth-order valence-corrected chi connectivity index (χ4v) is 1.13. The second kappa shape index (κ2) is 20.4. The Morgan fingerprint density at radius 1 is 1.18 bits per heavy atom. The molecule has 0 aliphatic rings. The average Bonchev–Trinajstić information content (AvgIpc) is 2.36. The highest BCUT2D eigenvalue weighted by Crippen LogP contribution is 2.05. The molecular formula is C16H33N. The number of allylic oxidation sites excluding steroid dienone is 3. The van der Waals surface area contributed by atoms with Crippen LogP contribution in [0.1, 0.15) is 53.9 Å². The number of unbranched alkanes of at least 4 members (excludes halogenated alkanes) is 1. The third-order valence-corrected chi connectivity index (χ3v) is 1.91. The summed E-state index contributed by atoms with van der Waals surface area (Å²) in [5.74, 6) is 0. The van der Waals surface area contributed by atoms with Crippen molar-refractivity contribution in [1.29, 1.82) is 0 Å². The SMILES string of the molecule is C=C/C(=C/CC)N(C)CCCC.C=CC.CC. The molecule has 0 fully saturated rings. The summed E-state index contributed by atoms with van der Waals surface area (Å²) in [6.45, 7) is 18.5. The molecule has 0 saturated heterocycles. The molecule has 1 heteroatoms. The first-order valence-corrected chi connectivity index (χ1v) is 6.78. The number of rotatable bonds is 6. The average molecular weight is 239 g/mol. The lowest BCUT2D eigenvalue weighted by molar-refractivity contribution is 0.417. The van der Waals surface area contributed by atoms with Crippen LogP contribution in [0.4, 0.5) is 0 Å². The maximum Gasteiger partial charge on any atom is 0.0316 e. The van der Waals surface area contributed by atoms with E-state index in [-0.39, 0.29) is 0 Å². The van der Waals surface area contributed by atoms with Crippen LogP contribution in [0.15, 0.2) is 37.1 Å². The lowest BCUT2D eigenvalue weighted by Gasteiger charge is -2.19. The summed E-state index contributed by atoms with van der Waals surface area (Å²) >= 11 is 0. The molecular weight excluding hydrogens is 206 g/mol. The molecule has 0 amide bonds. The highest BCUT2D eigenvalue weighted by atomic mass is 15.1. The first kappa shape index (κ1) is 21.3. The molecule has 0 aliphatic carbocycles. The van der Waals surface area contributed by atoms with E-state index in [1.807, 2.05) is 26.8 Å². The molecule has 0 radical (unpaired) electrons. The highest BCUT2D eigenvalue weighted by Gasteiger charge is 1.97. The zero-order valence-electron chi connectivity index (χ0n) is 12.9. The molecule has 0 aliphatic heterocycles. The normalized spacial score (nSPS) is 9.18. The van der Waals surface area contributed by atoms with E-state index in [0.29, 0.717) is 0 Å². The van der Waals surface area contributed by atoms with E-state index < -0.39 is 0 Å². The second-order valence-corrected chi connectivity index (χ2v) is 3.42. The van der Waals surface area contributed by atoms with Gasteiger partial charge in [0.15, 0.2) is 0 Å². The number of hydrogen-bond donors (Lipinski definition) is 0. The van der Waals surface area contributed by atoms with E-state index in [0.717, 1.165) is 13.0 Å². The Labute approximate surface area is 110 Å². The van der Waals surface area contributed by atoms with Gasteiger partial charge in [0.05, 0.1) is 0 Å². The number of hydrogen-bond acceptors (Lipinski definition) is 1. The van der Waals surface area contributed by atoms with E-state index >= 15 is 0 Å². The fourth-order valence-electron chi connectivity index (χ4n) is 1.13. The molecule has 0 N–H and O–H groups in total. The highest BCUT2D eigenvalue weighted by molar-refractivity contribution is 5.13. The maximum atomic E-state index is 3.80. The van der Waals surface area contributed by atoms with Crippen LogP contribution in [0.5, 0.6) is 0 Å². The summed E-state index contributed by atoms with van der Waals surface area (Å²) in [5, 5.41) is 0. The lowest BCUT2D eigenvalue weighted by Crippen LogP contribution is -2.17. The lowest BCUT2D eigenvalue weighted by atomic mass is 10.2. The van der Waals surface area contributed by atoms with Crippen LogP contribution in [-0.2, 0) is 0 Å². The van der Waals surface area contributed by atoms with E-state index in [1.54, 1.807) is 6.08 Å². The first-order chi connectivity index (χ1) is 8.17. The van der Waals surface area contributed by atoms with Crippen LogP contribution < -0.4 is 0 Å². The summed E-state index contributed by atoms with van der Waals surface area (Å²) in [7, 11) is 2.12. The minimum atomic E-state index is 1.08. The van der Waals surface area contributed by atoms with Crippen molar-refractivity contribution in [2.75, 3.05) is 13.6 Å². The van der Waals surface area contributed by atoms with Crippen LogP contribution in [0, 0.1) is 0 Å². The van der Waals surface area contributed by atoms with Crippen LogP contribution in [0.3, 0.4) is 0 Å². The molecule has 0 aromatic carbocycles. The van der Waals surface area contributed by atoms with Crippen molar-refractivity contribution in [1.82, 2.24) is 4.90 Å². The van der Waals surface area contributed by atoms with Gasteiger partial charge in [0, 0.05) is 19.3 Å². The van der Waals surface area contributed by atoms with Crippen molar-refractivity contribution in [3.8, 4) is 0 Å². The zero-order valence-corrected chi connectivity index (χ0v) is 12.9. The summed E-state index contributed by atoms with van der Waals surface area (Å²) in [5.41, 5.74) is 1.26. The Morgan fingerprint density at radius 3 is 1.94 bits per heavy atom. The van der Waals surface area contributed by atoms with Crippen molar-refractivity contribution in [3.05, 3.63) is 37.1 Å². The molecule has 0 atom stereocenters. The van der Waals surface area contributed by atoms with Gasteiger partial charge in [-0.25, -0.2) is 0 Å². The molecule has 0 bridgehead atoms. The fraction of sp³-hybridized carbons (Fsp3) is 0.625. The minimum absolute atomic E-state index is 1.08. The zero-order chi connectivity index (χ0) is 14.1.